The summed E-state index contributed by atoms with van der Waals surface area (Å²) in [6.45, 7) is 3.23. The minimum atomic E-state index is -0.693. The largest absolute Gasteiger partial charge is 0.379 e. The molecule has 1 saturated heterocycles. The summed E-state index contributed by atoms with van der Waals surface area (Å²) in [5.41, 5.74) is -0.293. The van der Waals surface area contributed by atoms with Gasteiger partial charge in [-0.25, -0.2) is 8.78 Å². The fourth-order valence-corrected chi connectivity index (χ4v) is 1.94. The Hall–Kier alpha value is -1.51. The van der Waals surface area contributed by atoms with E-state index in [1.807, 2.05) is 6.92 Å². The second kappa shape index (κ2) is 5.01. The molecular weight excluding hydrogens is 238 g/mol. The van der Waals surface area contributed by atoms with Crippen LogP contribution in [0.15, 0.2) is 12.1 Å². The molecular formula is C13H14F2N2O. The molecule has 1 heterocycles. The number of rotatable bonds is 3. The van der Waals surface area contributed by atoms with E-state index in [2.05, 4.69) is 5.32 Å². The first-order valence-corrected chi connectivity index (χ1v) is 5.75. The summed E-state index contributed by atoms with van der Waals surface area (Å²) in [6, 6.07) is 3.82. The van der Waals surface area contributed by atoms with Crippen LogP contribution in [-0.4, -0.2) is 18.8 Å². The molecule has 0 saturated carbocycles. The monoisotopic (exact) mass is 252 g/mol. The highest BCUT2D eigenvalue weighted by atomic mass is 19.1. The SMILES string of the molecule is CC1(NCc2c(F)cc(C#N)cc2F)CCOC1. The Morgan fingerprint density at radius 1 is 1.44 bits per heavy atom. The van der Waals surface area contributed by atoms with Crippen molar-refractivity contribution >= 4 is 0 Å². The van der Waals surface area contributed by atoms with Crippen LogP contribution in [0.2, 0.25) is 0 Å². The lowest BCUT2D eigenvalue weighted by Crippen LogP contribution is -2.42. The summed E-state index contributed by atoms with van der Waals surface area (Å²) < 4.78 is 32.5. The highest BCUT2D eigenvalue weighted by Crippen LogP contribution is 2.20. The molecule has 3 nitrogen and oxygen atoms in total. The predicted molar refractivity (Wildman–Crippen MR) is 61.8 cm³/mol. The van der Waals surface area contributed by atoms with Crippen LogP contribution in [0, 0.1) is 23.0 Å². The van der Waals surface area contributed by atoms with Crippen molar-refractivity contribution in [2.75, 3.05) is 13.2 Å². The lowest BCUT2D eigenvalue weighted by molar-refractivity contribution is 0.171. The highest BCUT2D eigenvalue weighted by Gasteiger charge is 2.29. The van der Waals surface area contributed by atoms with Gasteiger partial charge in [-0.05, 0) is 25.5 Å². The quantitative estimate of drug-likeness (QED) is 0.896. The second-order valence-corrected chi connectivity index (χ2v) is 4.75. The van der Waals surface area contributed by atoms with Crippen LogP contribution in [0.4, 0.5) is 8.78 Å². The van der Waals surface area contributed by atoms with Crippen LogP contribution in [0.25, 0.3) is 0 Å². The zero-order valence-corrected chi connectivity index (χ0v) is 10.1. The summed E-state index contributed by atoms with van der Waals surface area (Å²) in [5, 5.41) is 11.7. The summed E-state index contributed by atoms with van der Waals surface area (Å²) >= 11 is 0. The number of benzene rings is 1. The highest BCUT2D eigenvalue weighted by molar-refractivity contribution is 5.34. The van der Waals surface area contributed by atoms with Crippen molar-refractivity contribution in [3.63, 3.8) is 0 Å². The molecule has 1 aromatic rings. The molecule has 18 heavy (non-hydrogen) atoms. The van der Waals surface area contributed by atoms with E-state index >= 15 is 0 Å². The Bertz CT molecular complexity index is 467. The van der Waals surface area contributed by atoms with Gasteiger partial charge in [-0.3, -0.25) is 0 Å². The second-order valence-electron chi connectivity index (χ2n) is 4.75. The maximum Gasteiger partial charge on any atom is 0.131 e. The minimum absolute atomic E-state index is 0.0100. The number of nitrogens with one attached hydrogen (secondary N) is 1. The molecule has 2 rings (SSSR count). The molecule has 0 aliphatic carbocycles. The van der Waals surface area contributed by atoms with Crippen molar-refractivity contribution in [2.24, 2.45) is 0 Å². The van der Waals surface area contributed by atoms with E-state index in [0.717, 1.165) is 18.6 Å². The number of nitrogens with zero attached hydrogens (tertiary/aromatic N) is 1. The third-order valence-corrected chi connectivity index (χ3v) is 3.18. The lowest BCUT2D eigenvalue weighted by atomic mass is 10.0. The molecule has 0 amide bonds. The molecule has 1 aliphatic rings. The van der Waals surface area contributed by atoms with Crippen LogP contribution < -0.4 is 5.32 Å². The molecule has 1 aromatic carbocycles. The maximum atomic E-state index is 13.6. The Balaban J connectivity index is 2.12. The van der Waals surface area contributed by atoms with E-state index in [0.29, 0.717) is 13.2 Å². The number of halogens is 2. The minimum Gasteiger partial charge on any atom is -0.379 e. The average Bonchev–Trinajstić information content (AvgIpc) is 2.75. The number of hydrogen-bond acceptors (Lipinski definition) is 3. The third kappa shape index (κ3) is 2.66. The van der Waals surface area contributed by atoms with Gasteiger partial charge in [-0.2, -0.15) is 5.26 Å². The van der Waals surface area contributed by atoms with Gasteiger partial charge in [0.05, 0.1) is 18.2 Å². The van der Waals surface area contributed by atoms with Gasteiger partial charge in [0.1, 0.15) is 11.6 Å². The van der Waals surface area contributed by atoms with Crippen LogP contribution in [0.3, 0.4) is 0 Å². The Morgan fingerprint density at radius 3 is 2.61 bits per heavy atom. The van der Waals surface area contributed by atoms with Gasteiger partial charge in [-0.1, -0.05) is 0 Å². The topological polar surface area (TPSA) is 45.0 Å². The predicted octanol–water partition coefficient (Wildman–Crippen LogP) is 2.11. The van der Waals surface area contributed by atoms with Gasteiger partial charge in [0.15, 0.2) is 0 Å². The van der Waals surface area contributed by atoms with E-state index in [9.17, 15) is 8.78 Å². The maximum absolute atomic E-state index is 13.6. The van der Waals surface area contributed by atoms with Crippen molar-refractivity contribution in [3.05, 3.63) is 34.9 Å². The van der Waals surface area contributed by atoms with Crippen molar-refractivity contribution in [1.29, 1.82) is 5.26 Å². The number of nitriles is 1. The van der Waals surface area contributed by atoms with Crippen molar-refractivity contribution < 1.29 is 13.5 Å². The molecule has 0 spiro atoms. The number of hydrogen-bond donors (Lipinski definition) is 1. The van der Waals surface area contributed by atoms with Crippen LogP contribution in [0.5, 0.6) is 0 Å². The van der Waals surface area contributed by atoms with Crippen LogP contribution in [0.1, 0.15) is 24.5 Å². The summed E-state index contributed by atoms with van der Waals surface area (Å²) in [6.07, 6.45) is 0.812. The van der Waals surface area contributed by atoms with Gasteiger partial charge >= 0.3 is 0 Å². The molecule has 1 unspecified atom stereocenters. The average molecular weight is 252 g/mol. The summed E-state index contributed by atoms with van der Waals surface area (Å²) in [4.78, 5) is 0. The Morgan fingerprint density at radius 2 is 2.11 bits per heavy atom. The first-order valence-electron chi connectivity index (χ1n) is 5.75. The van der Waals surface area contributed by atoms with E-state index in [1.165, 1.54) is 0 Å². The van der Waals surface area contributed by atoms with E-state index in [1.54, 1.807) is 6.07 Å². The van der Waals surface area contributed by atoms with Crippen molar-refractivity contribution in [2.45, 2.75) is 25.4 Å². The molecule has 0 radical (unpaired) electrons. The summed E-state index contributed by atoms with van der Waals surface area (Å²) in [7, 11) is 0. The molecule has 1 aliphatic heterocycles. The fraction of sp³-hybridized carbons (Fsp3) is 0.462. The molecule has 5 heteroatoms. The molecule has 96 valence electrons. The standard InChI is InChI=1S/C13H14F2N2O/c1-13(2-3-18-8-13)17-7-10-11(14)4-9(6-16)5-12(10)15/h4-5,17H,2-3,7-8H2,1H3. The van der Waals surface area contributed by atoms with Gasteiger partial charge in [0, 0.05) is 24.3 Å². The molecule has 0 aromatic heterocycles. The zero-order chi connectivity index (χ0) is 13.2. The summed E-state index contributed by atoms with van der Waals surface area (Å²) in [5.74, 6) is -1.39. The van der Waals surface area contributed by atoms with Crippen molar-refractivity contribution in [3.8, 4) is 6.07 Å². The molecule has 1 atom stereocenters. The van der Waals surface area contributed by atoms with Gasteiger partial charge in [0.25, 0.3) is 0 Å². The lowest BCUT2D eigenvalue weighted by Gasteiger charge is -2.23. The van der Waals surface area contributed by atoms with E-state index < -0.39 is 11.6 Å². The fourth-order valence-electron chi connectivity index (χ4n) is 1.94. The number of ether oxygens (including phenoxy) is 1. The van der Waals surface area contributed by atoms with Crippen LogP contribution in [-0.2, 0) is 11.3 Å². The molecule has 1 N–H and O–H groups in total. The molecule has 1 fully saturated rings. The zero-order valence-electron chi connectivity index (χ0n) is 10.1. The smallest absolute Gasteiger partial charge is 0.131 e. The Labute approximate surface area is 104 Å². The first-order chi connectivity index (χ1) is 8.54. The van der Waals surface area contributed by atoms with E-state index in [-0.39, 0.29) is 23.2 Å². The molecule has 0 bridgehead atoms. The van der Waals surface area contributed by atoms with Gasteiger partial charge < -0.3 is 10.1 Å². The van der Waals surface area contributed by atoms with Crippen LogP contribution >= 0.6 is 0 Å². The van der Waals surface area contributed by atoms with Gasteiger partial charge in [0.2, 0.25) is 0 Å². The van der Waals surface area contributed by atoms with Gasteiger partial charge in [-0.15, -0.1) is 0 Å². The Kier molecular flexibility index (Phi) is 3.60. The normalized spacial score (nSPS) is 23.0. The third-order valence-electron chi connectivity index (χ3n) is 3.18. The van der Waals surface area contributed by atoms with Crippen molar-refractivity contribution in [1.82, 2.24) is 5.32 Å². The first kappa shape index (κ1) is 12.9. The van der Waals surface area contributed by atoms with E-state index in [4.69, 9.17) is 10.00 Å².